The number of carbonyl (C=O) groups excluding carboxylic acids is 1. The Labute approximate surface area is 121 Å². The molecule has 98 valence electrons. The Bertz CT molecular complexity index is 759. The lowest BCUT2D eigenvalue weighted by Crippen LogP contribution is -2.25. The molecule has 0 amide bonds. The van der Waals surface area contributed by atoms with Gasteiger partial charge in [-0.2, -0.15) is 5.26 Å². The molecule has 0 aliphatic heterocycles. The summed E-state index contributed by atoms with van der Waals surface area (Å²) in [6.45, 7) is 0. The number of ketones is 1. The van der Waals surface area contributed by atoms with Crippen LogP contribution in [-0.2, 0) is 0 Å². The van der Waals surface area contributed by atoms with Gasteiger partial charge in [-0.1, -0.05) is 36.4 Å². The summed E-state index contributed by atoms with van der Waals surface area (Å²) in [5.41, 5.74) is 5.66. The lowest BCUT2D eigenvalue weighted by atomic mass is 10.0. The zero-order valence-corrected chi connectivity index (χ0v) is 11.3. The Morgan fingerprint density at radius 1 is 1.25 bits per heavy atom. The minimum Gasteiger partial charge on any atom is -0.376 e. The number of nitrogens with one attached hydrogen (secondary N) is 1. The topological polar surface area (TPSA) is 78.9 Å². The van der Waals surface area contributed by atoms with Crippen LogP contribution < -0.4 is 11.1 Å². The number of nitriles is 1. The van der Waals surface area contributed by atoms with E-state index in [9.17, 15) is 4.79 Å². The predicted molar refractivity (Wildman–Crippen MR) is 81.9 cm³/mol. The molecule has 0 spiro atoms. The highest BCUT2D eigenvalue weighted by atomic mass is 32.1. The van der Waals surface area contributed by atoms with Crippen LogP contribution in [0.2, 0.25) is 0 Å². The average Bonchev–Trinajstić information content (AvgIpc) is 2.47. The molecule has 0 unspecified atom stereocenters. The summed E-state index contributed by atoms with van der Waals surface area (Å²) in [6, 6.07) is 14.8. The van der Waals surface area contributed by atoms with E-state index in [-0.39, 0.29) is 16.5 Å². The van der Waals surface area contributed by atoms with Gasteiger partial charge in [-0.25, -0.2) is 0 Å². The molecule has 0 saturated carbocycles. The number of nitrogens with two attached hydrogens (primary N) is 1. The molecule has 3 N–H and O–H groups in total. The first kappa shape index (κ1) is 13.7. The number of hydrogen-bond acceptors (Lipinski definition) is 3. The van der Waals surface area contributed by atoms with E-state index in [4.69, 9.17) is 11.0 Å². The summed E-state index contributed by atoms with van der Waals surface area (Å²) in [5, 5.41) is 13.5. The molecular formula is C15H11N3OS. The van der Waals surface area contributed by atoms with Gasteiger partial charge in [0.05, 0.1) is 0 Å². The number of hydrogen-bond donors (Lipinski definition) is 2. The van der Waals surface area contributed by atoms with Crippen LogP contribution in [0.5, 0.6) is 0 Å². The van der Waals surface area contributed by atoms with E-state index >= 15 is 0 Å². The van der Waals surface area contributed by atoms with E-state index in [1.165, 1.54) is 6.20 Å². The molecule has 0 radical (unpaired) electrons. The van der Waals surface area contributed by atoms with E-state index in [0.717, 1.165) is 10.8 Å². The third-order valence-electron chi connectivity index (χ3n) is 2.74. The molecule has 5 heteroatoms. The maximum atomic E-state index is 12.2. The van der Waals surface area contributed by atoms with Gasteiger partial charge in [-0.05, 0) is 29.1 Å². The molecule has 0 heterocycles. The largest absolute Gasteiger partial charge is 0.376 e. The Morgan fingerprint density at radius 2 is 1.95 bits per heavy atom. The quantitative estimate of drug-likeness (QED) is 0.390. The average molecular weight is 281 g/mol. The van der Waals surface area contributed by atoms with Crippen molar-refractivity contribution in [2.75, 3.05) is 0 Å². The third-order valence-corrected chi connectivity index (χ3v) is 2.85. The fourth-order valence-corrected chi connectivity index (χ4v) is 1.84. The molecule has 0 aliphatic carbocycles. The molecule has 0 saturated heterocycles. The van der Waals surface area contributed by atoms with Crippen LogP contribution >= 0.6 is 12.2 Å². The smallest absolute Gasteiger partial charge is 0.205 e. The minimum atomic E-state index is -0.373. The first-order chi connectivity index (χ1) is 9.61. The fourth-order valence-electron chi connectivity index (χ4n) is 1.78. The van der Waals surface area contributed by atoms with E-state index < -0.39 is 0 Å². The molecule has 2 rings (SSSR count). The summed E-state index contributed by atoms with van der Waals surface area (Å²) < 4.78 is 0. The number of nitrogens with zero attached hydrogens (tertiary/aromatic N) is 1. The molecule has 0 aromatic heterocycles. The molecule has 0 bridgehead atoms. The second-order valence-corrected chi connectivity index (χ2v) is 4.51. The predicted octanol–water partition coefficient (Wildman–Crippen LogP) is 2.26. The molecule has 0 fully saturated rings. The van der Waals surface area contributed by atoms with Gasteiger partial charge in [-0.15, -0.1) is 0 Å². The van der Waals surface area contributed by atoms with Gasteiger partial charge in [0.15, 0.2) is 5.11 Å². The lowest BCUT2D eigenvalue weighted by molar-refractivity contribution is 0.103. The van der Waals surface area contributed by atoms with Crippen molar-refractivity contribution < 1.29 is 4.79 Å². The highest BCUT2D eigenvalue weighted by molar-refractivity contribution is 7.80. The SMILES string of the molecule is N#CC(=CNC(N)=S)C(=O)c1ccc2ccccc2c1. The number of fused-ring (bicyclic) bond motifs is 1. The Balaban J connectivity index is 2.37. The number of allylic oxidation sites excluding steroid dienone is 1. The van der Waals surface area contributed by atoms with Crippen LogP contribution in [0.25, 0.3) is 10.8 Å². The minimum absolute atomic E-state index is 0.00376. The van der Waals surface area contributed by atoms with Gasteiger partial charge in [0.25, 0.3) is 0 Å². The van der Waals surface area contributed by atoms with Crippen molar-refractivity contribution in [3.63, 3.8) is 0 Å². The van der Waals surface area contributed by atoms with Crippen molar-refractivity contribution in [1.29, 1.82) is 5.26 Å². The van der Waals surface area contributed by atoms with Crippen LogP contribution in [0.3, 0.4) is 0 Å². The van der Waals surface area contributed by atoms with Crippen molar-refractivity contribution in [2.24, 2.45) is 5.73 Å². The molecule has 2 aromatic rings. The number of thiocarbonyl (C=S) groups is 1. The summed E-state index contributed by atoms with van der Waals surface area (Å²) in [7, 11) is 0. The molecule has 0 aliphatic rings. The maximum Gasteiger partial charge on any atom is 0.205 e. The van der Waals surface area contributed by atoms with Crippen LogP contribution in [0.15, 0.2) is 54.2 Å². The second kappa shape index (κ2) is 5.95. The normalized spacial score (nSPS) is 10.8. The number of rotatable bonds is 3. The molecule has 2 aromatic carbocycles. The van der Waals surface area contributed by atoms with E-state index in [1.807, 2.05) is 36.4 Å². The van der Waals surface area contributed by atoms with Crippen LogP contribution in [0, 0.1) is 11.3 Å². The third kappa shape index (κ3) is 2.99. The van der Waals surface area contributed by atoms with Crippen molar-refractivity contribution in [2.45, 2.75) is 0 Å². The first-order valence-electron chi connectivity index (χ1n) is 5.81. The van der Waals surface area contributed by atoms with Crippen molar-refractivity contribution in [3.05, 3.63) is 59.8 Å². The summed E-state index contributed by atoms with van der Waals surface area (Å²) in [4.78, 5) is 12.2. The maximum absolute atomic E-state index is 12.2. The summed E-state index contributed by atoms with van der Waals surface area (Å²) in [6.07, 6.45) is 1.22. The molecular weight excluding hydrogens is 270 g/mol. The fraction of sp³-hybridized carbons (Fsp3) is 0. The highest BCUT2D eigenvalue weighted by Gasteiger charge is 2.12. The number of benzene rings is 2. The van der Waals surface area contributed by atoms with Crippen molar-refractivity contribution in [1.82, 2.24) is 5.32 Å². The van der Waals surface area contributed by atoms with Crippen molar-refractivity contribution in [3.8, 4) is 6.07 Å². The monoisotopic (exact) mass is 281 g/mol. The first-order valence-corrected chi connectivity index (χ1v) is 6.22. The lowest BCUT2D eigenvalue weighted by Gasteiger charge is -2.03. The number of Topliss-reactive ketones (excluding diaryl/α,β-unsaturated/α-hetero) is 1. The highest BCUT2D eigenvalue weighted by Crippen LogP contribution is 2.17. The van der Waals surface area contributed by atoms with E-state index in [1.54, 1.807) is 12.1 Å². The summed E-state index contributed by atoms with van der Waals surface area (Å²) in [5.74, 6) is -0.373. The standard InChI is InChI=1S/C15H11N3OS/c16-8-13(9-18-15(17)20)14(19)12-6-5-10-3-1-2-4-11(10)7-12/h1-7,9H,(H3,17,18,20). The van der Waals surface area contributed by atoms with Crippen LogP contribution in [0.1, 0.15) is 10.4 Å². The number of carbonyl (C=O) groups is 1. The van der Waals surface area contributed by atoms with Crippen molar-refractivity contribution >= 4 is 33.9 Å². The Hall–Kier alpha value is -2.71. The molecule has 4 nitrogen and oxygen atoms in total. The zero-order chi connectivity index (χ0) is 14.5. The van der Waals surface area contributed by atoms with E-state index in [2.05, 4.69) is 17.5 Å². The Morgan fingerprint density at radius 3 is 2.60 bits per heavy atom. The van der Waals surface area contributed by atoms with Gasteiger partial charge in [-0.3, -0.25) is 4.79 Å². The van der Waals surface area contributed by atoms with Gasteiger partial charge in [0, 0.05) is 11.8 Å². The molecule has 20 heavy (non-hydrogen) atoms. The van der Waals surface area contributed by atoms with Gasteiger partial charge >= 0.3 is 0 Å². The van der Waals surface area contributed by atoms with Gasteiger partial charge in [0.2, 0.25) is 5.78 Å². The van der Waals surface area contributed by atoms with Gasteiger partial charge in [0.1, 0.15) is 11.6 Å². The molecule has 0 atom stereocenters. The summed E-state index contributed by atoms with van der Waals surface area (Å²) >= 11 is 4.63. The zero-order valence-electron chi connectivity index (χ0n) is 10.5. The van der Waals surface area contributed by atoms with Crippen LogP contribution in [-0.4, -0.2) is 10.9 Å². The Kier molecular flexibility index (Phi) is 4.08. The van der Waals surface area contributed by atoms with E-state index in [0.29, 0.717) is 5.56 Å². The second-order valence-electron chi connectivity index (χ2n) is 4.07. The van der Waals surface area contributed by atoms with Crippen LogP contribution in [0.4, 0.5) is 0 Å². The van der Waals surface area contributed by atoms with Gasteiger partial charge < -0.3 is 11.1 Å².